The van der Waals surface area contributed by atoms with Gasteiger partial charge in [-0.15, -0.1) is 0 Å². The van der Waals surface area contributed by atoms with Crippen molar-refractivity contribution in [1.29, 1.82) is 0 Å². The lowest BCUT2D eigenvalue weighted by Gasteiger charge is -2.13. The van der Waals surface area contributed by atoms with E-state index in [0.717, 1.165) is 11.4 Å². The van der Waals surface area contributed by atoms with Gasteiger partial charge < -0.3 is 5.32 Å². The van der Waals surface area contributed by atoms with E-state index in [1.165, 1.54) is 11.1 Å². The van der Waals surface area contributed by atoms with Crippen LogP contribution >= 0.6 is 0 Å². The number of nitrogens with one attached hydrogen (secondary N) is 1. The summed E-state index contributed by atoms with van der Waals surface area (Å²) in [6.45, 7) is 7.24. The zero-order chi connectivity index (χ0) is 18.5. The maximum atomic E-state index is 12.7. The molecule has 1 atom stereocenters. The number of nitrogens with zero attached hydrogens (tertiary/aromatic N) is 2. The van der Waals surface area contributed by atoms with Crippen LogP contribution < -0.4 is 5.32 Å². The molecule has 4 nitrogen and oxygen atoms in total. The van der Waals surface area contributed by atoms with Crippen LogP contribution in [0.2, 0.25) is 0 Å². The van der Waals surface area contributed by atoms with Gasteiger partial charge >= 0.3 is 0 Å². The summed E-state index contributed by atoms with van der Waals surface area (Å²) >= 11 is 0. The fraction of sp³-hybridized carbons (Fsp3) is 0.273. The SMILES string of the molecule is Cc1nn(Cc2ccccc2)c(C)c1C(=O)NC[C@H](C)c1ccccc1. The summed E-state index contributed by atoms with van der Waals surface area (Å²) < 4.78 is 1.90. The van der Waals surface area contributed by atoms with Crippen molar-refractivity contribution in [2.45, 2.75) is 33.2 Å². The number of carbonyl (C=O) groups excluding carboxylic acids is 1. The molecular weight excluding hydrogens is 322 g/mol. The van der Waals surface area contributed by atoms with E-state index in [-0.39, 0.29) is 11.8 Å². The van der Waals surface area contributed by atoms with Crippen LogP contribution in [0.25, 0.3) is 0 Å². The molecule has 0 saturated carbocycles. The largest absolute Gasteiger partial charge is 0.351 e. The molecule has 1 heterocycles. The predicted molar refractivity (Wildman–Crippen MR) is 104 cm³/mol. The second-order valence-corrected chi connectivity index (χ2v) is 6.71. The molecule has 0 aliphatic heterocycles. The molecule has 1 aromatic heterocycles. The molecule has 0 unspecified atom stereocenters. The summed E-state index contributed by atoms with van der Waals surface area (Å²) in [6, 6.07) is 20.4. The van der Waals surface area contributed by atoms with Gasteiger partial charge in [-0.05, 0) is 30.9 Å². The monoisotopic (exact) mass is 347 g/mol. The Morgan fingerprint density at radius 1 is 1.04 bits per heavy atom. The van der Waals surface area contributed by atoms with Gasteiger partial charge in [-0.2, -0.15) is 5.10 Å². The smallest absolute Gasteiger partial charge is 0.255 e. The van der Waals surface area contributed by atoms with Crippen LogP contribution in [-0.2, 0) is 6.54 Å². The maximum absolute atomic E-state index is 12.7. The van der Waals surface area contributed by atoms with Gasteiger partial charge in [0.25, 0.3) is 5.91 Å². The Kier molecular flexibility index (Phi) is 5.52. The van der Waals surface area contributed by atoms with Crippen LogP contribution in [0.3, 0.4) is 0 Å². The van der Waals surface area contributed by atoms with Crippen LogP contribution in [0.4, 0.5) is 0 Å². The third-order valence-electron chi connectivity index (χ3n) is 4.72. The van der Waals surface area contributed by atoms with Gasteiger partial charge in [-0.1, -0.05) is 67.6 Å². The van der Waals surface area contributed by atoms with Gasteiger partial charge in [-0.3, -0.25) is 9.48 Å². The van der Waals surface area contributed by atoms with E-state index < -0.39 is 0 Å². The van der Waals surface area contributed by atoms with Crippen molar-refractivity contribution in [1.82, 2.24) is 15.1 Å². The van der Waals surface area contributed by atoms with E-state index in [9.17, 15) is 4.79 Å². The summed E-state index contributed by atoms with van der Waals surface area (Å²) in [4.78, 5) is 12.7. The summed E-state index contributed by atoms with van der Waals surface area (Å²) in [5.74, 6) is 0.210. The fourth-order valence-corrected chi connectivity index (χ4v) is 3.17. The normalized spacial score (nSPS) is 12.0. The minimum Gasteiger partial charge on any atom is -0.351 e. The zero-order valence-corrected chi connectivity index (χ0v) is 15.6. The van der Waals surface area contributed by atoms with Crippen LogP contribution in [-0.4, -0.2) is 22.2 Å². The van der Waals surface area contributed by atoms with Gasteiger partial charge in [-0.25, -0.2) is 0 Å². The minimum absolute atomic E-state index is 0.0536. The molecule has 0 bridgehead atoms. The summed E-state index contributed by atoms with van der Waals surface area (Å²) in [7, 11) is 0. The maximum Gasteiger partial charge on any atom is 0.255 e. The lowest BCUT2D eigenvalue weighted by Crippen LogP contribution is -2.28. The second-order valence-electron chi connectivity index (χ2n) is 6.71. The molecule has 0 saturated heterocycles. The van der Waals surface area contributed by atoms with Crippen molar-refractivity contribution in [3.8, 4) is 0 Å². The van der Waals surface area contributed by atoms with Crippen molar-refractivity contribution in [2.24, 2.45) is 0 Å². The molecule has 3 rings (SSSR count). The van der Waals surface area contributed by atoms with Crippen molar-refractivity contribution in [2.75, 3.05) is 6.54 Å². The van der Waals surface area contributed by atoms with Crippen molar-refractivity contribution < 1.29 is 4.79 Å². The molecule has 1 amide bonds. The molecule has 1 N–H and O–H groups in total. The topological polar surface area (TPSA) is 46.9 Å². The van der Waals surface area contributed by atoms with Crippen molar-refractivity contribution >= 4 is 5.91 Å². The predicted octanol–water partition coefficient (Wildman–Crippen LogP) is 4.08. The first-order valence-electron chi connectivity index (χ1n) is 8.97. The van der Waals surface area contributed by atoms with E-state index in [2.05, 4.69) is 41.6 Å². The molecule has 4 heteroatoms. The van der Waals surface area contributed by atoms with Gasteiger partial charge in [0.05, 0.1) is 17.8 Å². The van der Waals surface area contributed by atoms with Gasteiger partial charge in [0.1, 0.15) is 0 Å². The third-order valence-corrected chi connectivity index (χ3v) is 4.72. The van der Waals surface area contributed by atoms with Crippen LogP contribution in [0, 0.1) is 13.8 Å². The van der Waals surface area contributed by atoms with Crippen LogP contribution in [0.15, 0.2) is 60.7 Å². The van der Waals surface area contributed by atoms with Crippen molar-refractivity contribution in [3.05, 3.63) is 88.7 Å². The van der Waals surface area contributed by atoms with E-state index in [1.807, 2.05) is 54.9 Å². The number of hydrogen-bond donors (Lipinski definition) is 1. The lowest BCUT2D eigenvalue weighted by atomic mass is 10.0. The van der Waals surface area contributed by atoms with Crippen LogP contribution in [0.1, 0.15) is 45.7 Å². The fourth-order valence-electron chi connectivity index (χ4n) is 3.17. The molecule has 0 spiro atoms. The number of rotatable bonds is 6. The number of amides is 1. The van der Waals surface area contributed by atoms with Gasteiger partial charge in [0, 0.05) is 12.2 Å². The highest BCUT2D eigenvalue weighted by Crippen LogP contribution is 2.17. The average Bonchev–Trinajstić information content (AvgIpc) is 2.94. The molecule has 3 aromatic rings. The molecule has 26 heavy (non-hydrogen) atoms. The average molecular weight is 347 g/mol. The Labute approximate surface area is 154 Å². The van der Waals surface area contributed by atoms with E-state index in [0.29, 0.717) is 18.7 Å². The lowest BCUT2D eigenvalue weighted by molar-refractivity contribution is 0.0950. The minimum atomic E-state index is -0.0536. The summed E-state index contributed by atoms with van der Waals surface area (Å²) in [5.41, 5.74) is 4.74. The molecule has 2 aromatic carbocycles. The number of hydrogen-bond acceptors (Lipinski definition) is 2. The molecular formula is C22H25N3O. The first-order chi connectivity index (χ1) is 12.6. The molecule has 0 aliphatic carbocycles. The second kappa shape index (κ2) is 8.00. The number of carbonyl (C=O) groups is 1. The van der Waals surface area contributed by atoms with E-state index in [1.54, 1.807) is 0 Å². The van der Waals surface area contributed by atoms with Gasteiger partial charge in [0.2, 0.25) is 0 Å². The number of benzene rings is 2. The van der Waals surface area contributed by atoms with E-state index >= 15 is 0 Å². The van der Waals surface area contributed by atoms with Crippen molar-refractivity contribution in [3.63, 3.8) is 0 Å². The highest BCUT2D eigenvalue weighted by Gasteiger charge is 2.19. The standard InChI is InChI=1S/C22H25N3O/c1-16(20-12-8-5-9-13-20)14-23-22(26)21-17(2)24-25(18(21)3)15-19-10-6-4-7-11-19/h4-13,16H,14-15H2,1-3H3,(H,23,26)/t16-/m0/s1. The summed E-state index contributed by atoms with van der Waals surface area (Å²) in [6.07, 6.45) is 0. The molecule has 134 valence electrons. The zero-order valence-electron chi connectivity index (χ0n) is 15.6. The highest BCUT2D eigenvalue weighted by molar-refractivity contribution is 5.96. The third kappa shape index (κ3) is 4.02. The quantitative estimate of drug-likeness (QED) is 0.730. The Hall–Kier alpha value is -2.88. The molecule has 0 radical (unpaired) electrons. The molecule has 0 fully saturated rings. The van der Waals surface area contributed by atoms with Crippen LogP contribution in [0.5, 0.6) is 0 Å². The summed E-state index contributed by atoms with van der Waals surface area (Å²) in [5, 5.41) is 7.63. The Bertz CT molecular complexity index is 869. The first-order valence-corrected chi connectivity index (χ1v) is 8.97. The number of aryl methyl sites for hydroxylation is 1. The number of aromatic nitrogens is 2. The van der Waals surface area contributed by atoms with Gasteiger partial charge in [0.15, 0.2) is 0 Å². The Balaban J connectivity index is 1.69. The Morgan fingerprint density at radius 2 is 1.65 bits per heavy atom. The highest BCUT2D eigenvalue weighted by atomic mass is 16.1. The van der Waals surface area contributed by atoms with E-state index in [4.69, 9.17) is 0 Å². The Morgan fingerprint density at radius 3 is 2.31 bits per heavy atom. The first kappa shape index (κ1) is 17.9. The molecule has 0 aliphatic rings.